The van der Waals surface area contributed by atoms with Crippen molar-refractivity contribution in [3.8, 4) is 11.5 Å². The maximum atomic E-state index is 14.7. The molecular formula is C21H23F2NO4. The second-order valence-corrected chi connectivity index (χ2v) is 6.86. The number of methoxy groups -OCH3 is 2. The Morgan fingerprint density at radius 3 is 2.54 bits per heavy atom. The van der Waals surface area contributed by atoms with E-state index in [0.717, 1.165) is 6.07 Å². The Kier molecular flexibility index (Phi) is 6.14. The standard InChI is InChI=1S/C21H23F2NO4/c1-27-18-8-5-13(10-19(18)28-2)20(16-7-6-15(22)11-17(16)23)24-9-3-4-14(12-24)21(25)26/h5-8,10-11,14,20H,3-4,9,12H2,1-2H3,(H,25,26). The molecule has 0 saturated carbocycles. The summed E-state index contributed by atoms with van der Waals surface area (Å²) in [5.74, 6) is -1.70. The van der Waals surface area contributed by atoms with Crippen molar-refractivity contribution in [3.05, 3.63) is 59.2 Å². The Labute approximate surface area is 162 Å². The Hall–Kier alpha value is -2.67. The molecule has 150 valence electrons. The van der Waals surface area contributed by atoms with Crippen molar-refractivity contribution in [1.82, 2.24) is 4.90 Å². The van der Waals surface area contributed by atoms with Gasteiger partial charge in [-0.2, -0.15) is 0 Å². The highest BCUT2D eigenvalue weighted by Crippen LogP contribution is 2.38. The zero-order chi connectivity index (χ0) is 20.3. The molecule has 2 aromatic carbocycles. The van der Waals surface area contributed by atoms with Crippen LogP contribution in [0.2, 0.25) is 0 Å². The molecular weight excluding hydrogens is 368 g/mol. The number of hydrogen-bond donors (Lipinski definition) is 1. The third-order valence-corrected chi connectivity index (χ3v) is 5.15. The molecule has 1 aliphatic rings. The van der Waals surface area contributed by atoms with Gasteiger partial charge in [0.15, 0.2) is 11.5 Å². The molecule has 2 unspecified atom stereocenters. The summed E-state index contributed by atoms with van der Waals surface area (Å²) in [6.45, 7) is 0.894. The van der Waals surface area contributed by atoms with Gasteiger partial charge in [0.05, 0.1) is 26.2 Å². The summed E-state index contributed by atoms with van der Waals surface area (Å²) < 4.78 is 38.8. The van der Waals surface area contributed by atoms with Gasteiger partial charge in [-0.25, -0.2) is 8.78 Å². The molecule has 1 N–H and O–H groups in total. The molecule has 0 radical (unpaired) electrons. The maximum Gasteiger partial charge on any atom is 0.307 e. The summed E-state index contributed by atoms with van der Waals surface area (Å²) in [7, 11) is 3.03. The number of carboxylic acid groups (broad SMARTS) is 1. The molecule has 1 heterocycles. The quantitative estimate of drug-likeness (QED) is 0.810. The van der Waals surface area contributed by atoms with Crippen LogP contribution in [0.1, 0.15) is 30.0 Å². The van der Waals surface area contributed by atoms with E-state index in [2.05, 4.69) is 0 Å². The van der Waals surface area contributed by atoms with E-state index in [1.807, 2.05) is 4.90 Å². The molecule has 1 aliphatic heterocycles. The van der Waals surface area contributed by atoms with Gasteiger partial charge >= 0.3 is 5.97 Å². The van der Waals surface area contributed by atoms with Crippen LogP contribution in [-0.2, 0) is 4.79 Å². The number of likely N-dealkylation sites (tertiary alicyclic amines) is 1. The van der Waals surface area contributed by atoms with E-state index < -0.39 is 29.6 Å². The first kappa shape index (κ1) is 20.1. The van der Waals surface area contributed by atoms with Gasteiger partial charge in [-0.1, -0.05) is 12.1 Å². The van der Waals surface area contributed by atoms with Crippen molar-refractivity contribution in [2.45, 2.75) is 18.9 Å². The zero-order valence-corrected chi connectivity index (χ0v) is 15.8. The molecule has 1 saturated heterocycles. The van der Waals surface area contributed by atoms with E-state index in [1.165, 1.54) is 26.4 Å². The smallest absolute Gasteiger partial charge is 0.307 e. The Bertz CT molecular complexity index is 858. The second-order valence-electron chi connectivity index (χ2n) is 6.86. The Morgan fingerprint density at radius 2 is 1.89 bits per heavy atom. The fraction of sp³-hybridized carbons (Fsp3) is 0.381. The lowest BCUT2D eigenvalue weighted by molar-refractivity contribution is -0.143. The molecule has 1 fully saturated rings. The highest BCUT2D eigenvalue weighted by atomic mass is 19.1. The van der Waals surface area contributed by atoms with Crippen molar-refractivity contribution in [3.63, 3.8) is 0 Å². The number of halogens is 2. The van der Waals surface area contributed by atoms with Crippen LogP contribution in [0.25, 0.3) is 0 Å². The SMILES string of the molecule is COc1ccc(C(c2ccc(F)cc2F)N2CCCC(C(=O)O)C2)cc1OC. The third kappa shape index (κ3) is 4.09. The minimum Gasteiger partial charge on any atom is -0.493 e. The first-order valence-corrected chi connectivity index (χ1v) is 9.08. The molecule has 3 rings (SSSR count). The number of benzene rings is 2. The van der Waals surface area contributed by atoms with Gasteiger partial charge in [0, 0.05) is 18.2 Å². The summed E-state index contributed by atoms with van der Waals surface area (Å²) in [5.41, 5.74) is 1.01. The number of carboxylic acids is 1. The molecule has 0 aliphatic carbocycles. The van der Waals surface area contributed by atoms with Crippen LogP contribution in [-0.4, -0.2) is 43.3 Å². The summed E-state index contributed by atoms with van der Waals surface area (Å²) in [4.78, 5) is 13.4. The van der Waals surface area contributed by atoms with Gasteiger partial charge in [-0.05, 0) is 43.1 Å². The Balaban J connectivity index is 2.08. The summed E-state index contributed by atoms with van der Waals surface area (Å²) >= 11 is 0. The van der Waals surface area contributed by atoms with Crippen molar-refractivity contribution in [1.29, 1.82) is 0 Å². The summed E-state index contributed by atoms with van der Waals surface area (Å²) in [6, 6.07) is 8.17. The molecule has 0 spiro atoms. The normalized spacial score (nSPS) is 18.5. The summed E-state index contributed by atoms with van der Waals surface area (Å²) in [6.07, 6.45) is 1.26. The van der Waals surface area contributed by atoms with Crippen molar-refractivity contribution < 1.29 is 28.2 Å². The molecule has 2 aromatic rings. The van der Waals surface area contributed by atoms with Gasteiger partial charge in [-0.3, -0.25) is 9.69 Å². The van der Waals surface area contributed by atoms with Crippen LogP contribution in [0.5, 0.6) is 11.5 Å². The number of aliphatic carboxylic acids is 1. The van der Waals surface area contributed by atoms with E-state index in [4.69, 9.17) is 9.47 Å². The van der Waals surface area contributed by atoms with Gasteiger partial charge in [0.2, 0.25) is 0 Å². The number of piperidine rings is 1. The summed E-state index contributed by atoms with van der Waals surface area (Å²) in [5, 5.41) is 9.43. The van der Waals surface area contributed by atoms with Crippen LogP contribution >= 0.6 is 0 Å². The lowest BCUT2D eigenvalue weighted by Gasteiger charge is -2.37. The maximum absolute atomic E-state index is 14.7. The van der Waals surface area contributed by atoms with E-state index >= 15 is 0 Å². The van der Waals surface area contributed by atoms with E-state index in [1.54, 1.807) is 18.2 Å². The number of hydrogen-bond acceptors (Lipinski definition) is 4. The fourth-order valence-electron chi connectivity index (χ4n) is 3.78. The van der Waals surface area contributed by atoms with Gasteiger partial charge in [0.25, 0.3) is 0 Å². The topological polar surface area (TPSA) is 59.0 Å². The largest absolute Gasteiger partial charge is 0.493 e. The highest BCUT2D eigenvalue weighted by Gasteiger charge is 2.33. The van der Waals surface area contributed by atoms with E-state index in [0.29, 0.717) is 42.0 Å². The fourth-order valence-corrected chi connectivity index (χ4v) is 3.78. The van der Waals surface area contributed by atoms with Crippen molar-refractivity contribution >= 4 is 5.97 Å². The predicted molar refractivity (Wildman–Crippen MR) is 99.7 cm³/mol. The predicted octanol–water partition coefficient (Wildman–Crippen LogP) is 3.87. The first-order chi connectivity index (χ1) is 13.4. The molecule has 28 heavy (non-hydrogen) atoms. The average Bonchev–Trinajstić information content (AvgIpc) is 2.69. The number of rotatable bonds is 6. The lowest BCUT2D eigenvalue weighted by Crippen LogP contribution is -2.41. The van der Waals surface area contributed by atoms with Crippen LogP contribution in [0.15, 0.2) is 36.4 Å². The first-order valence-electron chi connectivity index (χ1n) is 9.08. The van der Waals surface area contributed by atoms with Gasteiger partial charge < -0.3 is 14.6 Å². The lowest BCUT2D eigenvalue weighted by atomic mass is 9.91. The van der Waals surface area contributed by atoms with Crippen LogP contribution in [0.3, 0.4) is 0 Å². The molecule has 0 amide bonds. The minimum atomic E-state index is -0.865. The van der Waals surface area contributed by atoms with Crippen molar-refractivity contribution in [2.75, 3.05) is 27.3 Å². The van der Waals surface area contributed by atoms with Crippen molar-refractivity contribution in [2.24, 2.45) is 5.92 Å². The molecule has 0 bridgehead atoms. The Morgan fingerprint density at radius 1 is 1.14 bits per heavy atom. The van der Waals surface area contributed by atoms with Gasteiger partial charge in [-0.15, -0.1) is 0 Å². The van der Waals surface area contributed by atoms with Gasteiger partial charge in [0.1, 0.15) is 11.6 Å². The monoisotopic (exact) mass is 391 g/mol. The van der Waals surface area contributed by atoms with Crippen LogP contribution < -0.4 is 9.47 Å². The van der Waals surface area contributed by atoms with E-state index in [9.17, 15) is 18.7 Å². The molecule has 2 atom stereocenters. The number of ether oxygens (including phenoxy) is 2. The third-order valence-electron chi connectivity index (χ3n) is 5.15. The minimum absolute atomic E-state index is 0.283. The molecule has 7 heteroatoms. The molecule has 5 nitrogen and oxygen atoms in total. The molecule has 0 aromatic heterocycles. The number of nitrogens with zero attached hydrogens (tertiary/aromatic N) is 1. The van der Waals surface area contributed by atoms with E-state index in [-0.39, 0.29) is 6.54 Å². The second kappa shape index (κ2) is 8.56. The van der Waals surface area contributed by atoms with Crippen LogP contribution in [0, 0.1) is 17.6 Å². The average molecular weight is 391 g/mol. The highest BCUT2D eigenvalue weighted by molar-refractivity contribution is 5.70. The zero-order valence-electron chi connectivity index (χ0n) is 15.8. The number of carbonyl (C=O) groups is 1. The van der Waals surface area contributed by atoms with Crippen LogP contribution in [0.4, 0.5) is 8.78 Å².